The third-order valence-corrected chi connectivity index (χ3v) is 4.21. The third kappa shape index (κ3) is 3.66. The van der Waals surface area contributed by atoms with Gasteiger partial charge in [-0.15, -0.1) is 0 Å². The van der Waals surface area contributed by atoms with Gasteiger partial charge in [0.15, 0.2) is 5.82 Å². The number of nitrogens with two attached hydrogens (primary N) is 1. The van der Waals surface area contributed by atoms with Gasteiger partial charge in [-0.05, 0) is 35.1 Å². The summed E-state index contributed by atoms with van der Waals surface area (Å²) in [6.07, 6.45) is 0.0576. The predicted molar refractivity (Wildman–Crippen MR) is 85.7 cm³/mol. The Balaban J connectivity index is 2.03. The molecule has 110 valence electrons. The van der Waals surface area contributed by atoms with Crippen LogP contribution in [0.5, 0.6) is 0 Å². The van der Waals surface area contributed by atoms with E-state index in [9.17, 15) is 4.39 Å². The van der Waals surface area contributed by atoms with Gasteiger partial charge in [0, 0.05) is 25.2 Å². The molecule has 0 aromatic heterocycles. The van der Waals surface area contributed by atoms with E-state index in [1.54, 1.807) is 12.1 Å². The highest BCUT2D eigenvalue weighted by Gasteiger charge is 2.19. The largest absolute Gasteiger partial charge is 0.389 e. The van der Waals surface area contributed by atoms with Crippen molar-refractivity contribution < 1.29 is 9.13 Å². The van der Waals surface area contributed by atoms with Crippen LogP contribution in [-0.2, 0) is 4.74 Å². The summed E-state index contributed by atoms with van der Waals surface area (Å²) in [6.45, 7) is 3.02. The summed E-state index contributed by atoms with van der Waals surface area (Å²) in [6, 6.07) is 3.34. The van der Waals surface area contributed by atoms with Crippen LogP contribution in [0.1, 0.15) is 5.56 Å². The summed E-state index contributed by atoms with van der Waals surface area (Å²) in [7, 11) is 2.05. The van der Waals surface area contributed by atoms with Crippen molar-refractivity contribution in [1.82, 2.24) is 4.90 Å². The summed E-state index contributed by atoms with van der Waals surface area (Å²) in [5.74, 6) is -0.389. The van der Waals surface area contributed by atoms with Crippen molar-refractivity contribution in [3.05, 3.63) is 28.0 Å². The number of nitrogens with zero attached hydrogens (tertiary/aromatic N) is 1. The minimum atomic E-state index is -0.389. The maximum atomic E-state index is 14.2. The Kier molecular flexibility index (Phi) is 5.31. The first-order chi connectivity index (χ1) is 9.49. The molecule has 0 radical (unpaired) electrons. The van der Waals surface area contributed by atoms with Crippen molar-refractivity contribution in [3.63, 3.8) is 0 Å². The molecule has 4 nitrogen and oxygen atoms in total. The molecule has 1 unspecified atom stereocenters. The molecule has 1 atom stereocenters. The quantitative estimate of drug-likeness (QED) is 0.803. The monoisotopic (exact) mass is 361 g/mol. The Morgan fingerprint density at radius 3 is 3.05 bits per heavy atom. The normalized spacial score (nSPS) is 19.9. The smallest absolute Gasteiger partial charge is 0.161 e. The Bertz CT molecular complexity index is 515. The average molecular weight is 362 g/mol. The third-order valence-electron chi connectivity index (χ3n) is 3.21. The second-order valence-electron chi connectivity index (χ2n) is 4.79. The van der Waals surface area contributed by atoms with E-state index >= 15 is 0 Å². The highest BCUT2D eigenvalue weighted by atomic mass is 79.9. The van der Waals surface area contributed by atoms with Crippen molar-refractivity contribution in [2.24, 2.45) is 5.73 Å². The molecule has 0 amide bonds. The molecule has 7 heteroatoms. The number of thiocarbonyl (C=S) groups is 1. The van der Waals surface area contributed by atoms with Crippen LogP contribution in [-0.4, -0.2) is 49.3 Å². The van der Waals surface area contributed by atoms with Crippen LogP contribution in [0.3, 0.4) is 0 Å². The lowest BCUT2D eigenvalue weighted by Gasteiger charge is -2.30. The highest BCUT2D eigenvalue weighted by Crippen LogP contribution is 2.27. The zero-order chi connectivity index (χ0) is 14.7. The van der Waals surface area contributed by atoms with Gasteiger partial charge in [0.1, 0.15) is 4.99 Å². The molecule has 0 spiro atoms. The Labute approximate surface area is 131 Å². The molecule has 1 aliphatic heterocycles. The van der Waals surface area contributed by atoms with Gasteiger partial charge < -0.3 is 20.7 Å². The molecule has 1 heterocycles. The lowest BCUT2D eigenvalue weighted by molar-refractivity contribution is -0.0117. The minimum Gasteiger partial charge on any atom is -0.389 e. The fraction of sp³-hybridized carbons (Fsp3) is 0.462. The van der Waals surface area contributed by atoms with Gasteiger partial charge in [0.2, 0.25) is 0 Å². The van der Waals surface area contributed by atoms with Crippen LogP contribution in [0, 0.1) is 5.82 Å². The molecule has 0 bridgehead atoms. The van der Waals surface area contributed by atoms with Gasteiger partial charge in [-0.1, -0.05) is 12.2 Å². The number of likely N-dealkylation sites (N-methyl/N-ethyl adjacent to an activating group) is 1. The van der Waals surface area contributed by atoms with E-state index in [1.165, 1.54) is 0 Å². The van der Waals surface area contributed by atoms with Crippen molar-refractivity contribution in [1.29, 1.82) is 0 Å². The number of hydrogen-bond acceptors (Lipinski definition) is 4. The van der Waals surface area contributed by atoms with Gasteiger partial charge in [0.05, 0.1) is 22.9 Å². The van der Waals surface area contributed by atoms with Gasteiger partial charge in [0.25, 0.3) is 0 Å². The molecular formula is C13H17BrFN3OS. The maximum absolute atomic E-state index is 14.2. The van der Waals surface area contributed by atoms with Crippen LogP contribution in [0.4, 0.5) is 10.1 Å². The predicted octanol–water partition coefficient (Wildman–Crippen LogP) is 1.96. The number of nitrogens with one attached hydrogen (secondary N) is 1. The van der Waals surface area contributed by atoms with E-state index in [2.05, 4.69) is 26.1 Å². The van der Waals surface area contributed by atoms with Gasteiger partial charge in [-0.2, -0.15) is 0 Å². The standard InChI is InChI=1S/C13H17BrFN3OS/c1-18-4-5-19-8(7-18)6-17-10-3-2-9(13(16)20)11(14)12(10)15/h2-3,8,17H,4-7H2,1H3,(H2,16,20). The fourth-order valence-electron chi connectivity index (χ4n) is 2.09. The lowest BCUT2D eigenvalue weighted by Crippen LogP contribution is -2.43. The van der Waals surface area contributed by atoms with E-state index < -0.39 is 0 Å². The topological polar surface area (TPSA) is 50.5 Å². The Morgan fingerprint density at radius 1 is 1.65 bits per heavy atom. The van der Waals surface area contributed by atoms with Gasteiger partial charge in [-0.25, -0.2) is 4.39 Å². The lowest BCUT2D eigenvalue weighted by atomic mass is 10.2. The number of halogens is 2. The van der Waals surface area contributed by atoms with E-state index in [1.807, 2.05) is 7.05 Å². The number of anilines is 1. The molecule has 0 saturated carbocycles. The number of morpholine rings is 1. The molecule has 3 N–H and O–H groups in total. The second kappa shape index (κ2) is 6.80. The molecule has 1 saturated heterocycles. The molecule has 1 fully saturated rings. The summed E-state index contributed by atoms with van der Waals surface area (Å²) >= 11 is 8.05. The van der Waals surface area contributed by atoms with Crippen LogP contribution >= 0.6 is 28.1 Å². The van der Waals surface area contributed by atoms with E-state index in [0.29, 0.717) is 24.4 Å². The van der Waals surface area contributed by atoms with Crippen LogP contribution in [0.2, 0.25) is 0 Å². The van der Waals surface area contributed by atoms with Crippen LogP contribution in [0.15, 0.2) is 16.6 Å². The number of rotatable bonds is 4. The minimum absolute atomic E-state index is 0.0576. The first kappa shape index (κ1) is 15.6. The number of hydrogen-bond donors (Lipinski definition) is 2. The van der Waals surface area contributed by atoms with E-state index in [4.69, 9.17) is 22.7 Å². The first-order valence-corrected chi connectivity index (χ1v) is 7.51. The number of benzene rings is 1. The Hall–Kier alpha value is -0.760. The summed E-state index contributed by atoms with van der Waals surface area (Å²) in [5, 5.41) is 3.07. The summed E-state index contributed by atoms with van der Waals surface area (Å²) in [4.78, 5) is 2.36. The maximum Gasteiger partial charge on any atom is 0.161 e. The molecule has 1 aromatic carbocycles. The fourth-order valence-corrected chi connectivity index (χ4v) is 2.95. The molecule has 2 rings (SSSR count). The van der Waals surface area contributed by atoms with Crippen molar-refractivity contribution >= 4 is 38.8 Å². The summed E-state index contributed by atoms with van der Waals surface area (Å²) < 4.78 is 20.1. The van der Waals surface area contributed by atoms with Gasteiger partial charge >= 0.3 is 0 Å². The molecule has 0 aliphatic carbocycles. The van der Waals surface area contributed by atoms with Crippen LogP contribution in [0.25, 0.3) is 0 Å². The highest BCUT2D eigenvalue weighted by molar-refractivity contribution is 9.10. The van der Waals surface area contributed by atoms with Crippen molar-refractivity contribution in [2.75, 3.05) is 38.6 Å². The van der Waals surface area contributed by atoms with E-state index in [-0.39, 0.29) is 21.4 Å². The molecular weight excluding hydrogens is 345 g/mol. The molecule has 1 aliphatic rings. The average Bonchev–Trinajstić information content (AvgIpc) is 2.40. The molecule has 1 aromatic rings. The zero-order valence-corrected chi connectivity index (χ0v) is 13.6. The first-order valence-electron chi connectivity index (χ1n) is 6.31. The van der Waals surface area contributed by atoms with Crippen molar-refractivity contribution in [2.45, 2.75) is 6.10 Å². The summed E-state index contributed by atoms with van der Waals surface area (Å²) in [5.41, 5.74) is 6.44. The van der Waals surface area contributed by atoms with Crippen LogP contribution < -0.4 is 11.1 Å². The van der Waals surface area contributed by atoms with Gasteiger partial charge in [-0.3, -0.25) is 0 Å². The zero-order valence-electron chi connectivity index (χ0n) is 11.2. The SMILES string of the molecule is CN1CCOC(CNc2ccc(C(N)=S)c(Br)c2F)C1. The molecule has 20 heavy (non-hydrogen) atoms. The number of ether oxygens (including phenoxy) is 1. The Morgan fingerprint density at radius 2 is 2.40 bits per heavy atom. The van der Waals surface area contributed by atoms with E-state index in [0.717, 1.165) is 13.1 Å². The second-order valence-corrected chi connectivity index (χ2v) is 6.02. The van der Waals surface area contributed by atoms with Crippen molar-refractivity contribution in [3.8, 4) is 0 Å².